The molecule has 0 bridgehead atoms. The van der Waals surface area contributed by atoms with Crippen LogP contribution in [0.4, 0.5) is 0 Å². The molecule has 0 fully saturated rings. The van der Waals surface area contributed by atoms with Crippen LogP contribution >= 0.6 is 0 Å². The summed E-state index contributed by atoms with van der Waals surface area (Å²) in [4.78, 5) is 2.49. The monoisotopic (exact) mass is 383 g/mol. The first-order valence-corrected chi connectivity index (χ1v) is 10.4. The second-order valence-electron chi connectivity index (χ2n) is 8.93. The number of phenols is 1. The Bertz CT molecular complexity index is 724. The first-order valence-electron chi connectivity index (χ1n) is 10.4. The average Bonchev–Trinajstić information content (AvgIpc) is 2.60. The number of phenolic OH excluding ortho intramolecular Hbond substituents is 1. The molecule has 0 aromatic heterocycles. The van der Waals surface area contributed by atoms with Gasteiger partial charge >= 0.3 is 0 Å². The summed E-state index contributed by atoms with van der Waals surface area (Å²) in [5.41, 5.74) is 2.10. The summed E-state index contributed by atoms with van der Waals surface area (Å²) in [7, 11) is 0. The summed E-state index contributed by atoms with van der Waals surface area (Å²) < 4.78 is 0. The highest BCUT2D eigenvalue weighted by molar-refractivity contribution is 5.41. The van der Waals surface area contributed by atoms with Gasteiger partial charge in [0.05, 0.1) is 5.60 Å². The average molecular weight is 384 g/mol. The number of hydrogen-bond acceptors (Lipinski definition) is 3. The fourth-order valence-electron chi connectivity index (χ4n) is 3.95. The number of nitrogens with zero attached hydrogens (tertiary/aromatic N) is 1. The lowest BCUT2D eigenvalue weighted by Gasteiger charge is -2.32. The van der Waals surface area contributed by atoms with Gasteiger partial charge in [-0.2, -0.15) is 0 Å². The maximum atomic E-state index is 10.6. The van der Waals surface area contributed by atoms with Crippen LogP contribution in [0, 0.1) is 0 Å². The Kier molecular flexibility index (Phi) is 7.68. The summed E-state index contributed by atoms with van der Waals surface area (Å²) in [6, 6.07) is 16.9. The summed E-state index contributed by atoms with van der Waals surface area (Å²) in [6.45, 7) is 13.5. The van der Waals surface area contributed by atoms with Gasteiger partial charge in [-0.25, -0.2) is 0 Å². The quantitative estimate of drug-likeness (QED) is 0.605. The molecule has 2 N–H and O–H groups in total. The number of hydrogen-bond donors (Lipinski definition) is 2. The summed E-state index contributed by atoms with van der Waals surface area (Å²) >= 11 is 0. The van der Waals surface area contributed by atoms with Crippen molar-refractivity contribution < 1.29 is 10.2 Å². The highest BCUT2D eigenvalue weighted by Gasteiger charge is 2.23. The van der Waals surface area contributed by atoms with Gasteiger partial charge in [-0.3, -0.25) is 4.90 Å². The molecule has 2 aromatic carbocycles. The van der Waals surface area contributed by atoms with Crippen LogP contribution in [0.1, 0.15) is 70.6 Å². The van der Waals surface area contributed by atoms with E-state index in [9.17, 15) is 10.2 Å². The van der Waals surface area contributed by atoms with Crippen molar-refractivity contribution in [2.45, 2.75) is 78.0 Å². The van der Waals surface area contributed by atoms with Crippen molar-refractivity contribution in [3.63, 3.8) is 0 Å². The molecular weight excluding hydrogens is 346 g/mol. The van der Waals surface area contributed by atoms with Crippen LogP contribution in [-0.2, 0) is 12.0 Å². The van der Waals surface area contributed by atoms with E-state index in [1.165, 1.54) is 5.56 Å². The lowest BCUT2D eigenvalue weighted by molar-refractivity contribution is 0.0784. The third-order valence-electron chi connectivity index (χ3n) is 5.56. The SMILES string of the molecule is CC(C)N(CCC(Cc1ccccc1)c1cc(C(C)(C)O)ccc1O)C(C)C. The van der Waals surface area contributed by atoms with Crippen molar-refractivity contribution in [1.82, 2.24) is 4.90 Å². The minimum Gasteiger partial charge on any atom is -0.508 e. The summed E-state index contributed by atoms with van der Waals surface area (Å²) in [6.07, 6.45) is 1.82. The number of aliphatic hydroxyl groups is 1. The topological polar surface area (TPSA) is 43.7 Å². The van der Waals surface area contributed by atoms with Gasteiger partial charge in [-0.15, -0.1) is 0 Å². The van der Waals surface area contributed by atoms with E-state index in [0.717, 1.165) is 30.5 Å². The van der Waals surface area contributed by atoms with Gasteiger partial charge in [0.1, 0.15) is 5.75 Å². The van der Waals surface area contributed by atoms with Gasteiger partial charge in [0.15, 0.2) is 0 Å². The van der Waals surface area contributed by atoms with Gasteiger partial charge in [0.2, 0.25) is 0 Å². The Morgan fingerprint density at radius 3 is 2.07 bits per heavy atom. The first-order chi connectivity index (χ1) is 13.1. The molecular formula is C25H37NO2. The predicted octanol–water partition coefficient (Wildman–Crippen LogP) is 5.45. The minimum absolute atomic E-state index is 0.185. The van der Waals surface area contributed by atoms with Crippen LogP contribution in [0.25, 0.3) is 0 Å². The predicted molar refractivity (Wildman–Crippen MR) is 118 cm³/mol. The van der Waals surface area contributed by atoms with Gasteiger partial charge in [0.25, 0.3) is 0 Å². The van der Waals surface area contributed by atoms with E-state index in [0.29, 0.717) is 17.8 Å². The minimum atomic E-state index is -0.929. The summed E-state index contributed by atoms with van der Waals surface area (Å²) in [5, 5.41) is 21.1. The van der Waals surface area contributed by atoms with E-state index in [1.807, 2.05) is 18.2 Å². The van der Waals surface area contributed by atoms with Gasteiger partial charge < -0.3 is 10.2 Å². The Hall–Kier alpha value is -1.84. The van der Waals surface area contributed by atoms with Crippen LogP contribution in [0.3, 0.4) is 0 Å². The molecule has 0 saturated heterocycles. The van der Waals surface area contributed by atoms with Crippen molar-refractivity contribution in [3.05, 3.63) is 65.2 Å². The second-order valence-corrected chi connectivity index (χ2v) is 8.93. The molecule has 0 saturated carbocycles. The first kappa shape index (κ1) is 22.4. The molecule has 2 aromatic rings. The molecule has 2 rings (SSSR count). The van der Waals surface area contributed by atoms with E-state index in [2.05, 4.69) is 56.9 Å². The van der Waals surface area contributed by atoms with Crippen molar-refractivity contribution in [2.75, 3.05) is 6.54 Å². The van der Waals surface area contributed by atoms with Gasteiger partial charge in [0, 0.05) is 12.1 Å². The molecule has 3 heteroatoms. The Balaban J connectivity index is 2.35. The standard InChI is InChI=1S/C25H37NO2/c1-18(2)26(19(3)4)15-14-21(16-20-10-8-7-9-11-20)23-17-22(25(5,6)28)12-13-24(23)27/h7-13,17-19,21,27-28H,14-16H2,1-6H3. The molecule has 0 heterocycles. The van der Waals surface area contributed by atoms with Gasteiger partial charge in [-0.05, 0) is 95.7 Å². The lowest BCUT2D eigenvalue weighted by Crippen LogP contribution is -2.38. The van der Waals surface area contributed by atoms with E-state index in [1.54, 1.807) is 19.9 Å². The van der Waals surface area contributed by atoms with Crippen molar-refractivity contribution >= 4 is 0 Å². The zero-order valence-electron chi connectivity index (χ0n) is 18.3. The second kappa shape index (κ2) is 9.58. The zero-order valence-corrected chi connectivity index (χ0v) is 18.3. The molecule has 1 unspecified atom stereocenters. The van der Waals surface area contributed by atoms with Crippen molar-refractivity contribution in [2.24, 2.45) is 0 Å². The van der Waals surface area contributed by atoms with E-state index >= 15 is 0 Å². The van der Waals surface area contributed by atoms with Crippen molar-refractivity contribution in [1.29, 1.82) is 0 Å². The van der Waals surface area contributed by atoms with Crippen LogP contribution in [0.5, 0.6) is 5.75 Å². The van der Waals surface area contributed by atoms with Crippen LogP contribution in [-0.4, -0.2) is 33.7 Å². The molecule has 0 aliphatic carbocycles. The van der Waals surface area contributed by atoms with E-state index in [4.69, 9.17) is 0 Å². The largest absolute Gasteiger partial charge is 0.508 e. The van der Waals surface area contributed by atoms with E-state index in [-0.39, 0.29) is 5.92 Å². The van der Waals surface area contributed by atoms with Crippen LogP contribution < -0.4 is 0 Å². The Labute approximate surface area is 171 Å². The molecule has 0 spiro atoms. The fraction of sp³-hybridized carbons (Fsp3) is 0.520. The highest BCUT2D eigenvalue weighted by atomic mass is 16.3. The number of benzene rings is 2. The van der Waals surface area contributed by atoms with Crippen molar-refractivity contribution in [3.8, 4) is 5.75 Å². The normalized spacial score (nSPS) is 13.5. The maximum Gasteiger partial charge on any atom is 0.119 e. The molecule has 3 nitrogen and oxygen atoms in total. The number of aromatic hydroxyl groups is 1. The Morgan fingerprint density at radius 2 is 1.54 bits per heavy atom. The molecule has 0 aliphatic rings. The molecule has 28 heavy (non-hydrogen) atoms. The maximum absolute atomic E-state index is 10.6. The van der Waals surface area contributed by atoms with Gasteiger partial charge in [-0.1, -0.05) is 36.4 Å². The lowest BCUT2D eigenvalue weighted by atomic mass is 9.85. The zero-order chi connectivity index (χ0) is 20.9. The molecule has 154 valence electrons. The van der Waals surface area contributed by atoms with Crippen LogP contribution in [0.15, 0.2) is 48.5 Å². The third-order valence-corrected chi connectivity index (χ3v) is 5.56. The fourth-order valence-corrected chi connectivity index (χ4v) is 3.95. The molecule has 1 atom stereocenters. The summed E-state index contributed by atoms with van der Waals surface area (Å²) in [5.74, 6) is 0.499. The molecule has 0 aliphatic heterocycles. The highest BCUT2D eigenvalue weighted by Crippen LogP contribution is 2.35. The molecule has 0 radical (unpaired) electrons. The van der Waals surface area contributed by atoms with E-state index < -0.39 is 5.60 Å². The third kappa shape index (κ3) is 6.08. The van der Waals surface area contributed by atoms with Crippen LogP contribution in [0.2, 0.25) is 0 Å². The molecule has 0 amide bonds. The number of rotatable bonds is 9. The smallest absolute Gasteiger partial charge is 0.119 e. The Morgan fingerprint density at radius 1 is 0.929 bits per heavy atom.